The average molecular weight is 652 g/mol. The first-order valence-corrected chi connectivity index (χ1v) is 17.1. The number of oxazole rings is 1. The second-order valence-corrected chi connectivity index (χ2v) is 13.3. The van der Waals surface area contributed by atoms with E-state index in [-0.39, 0.29) is 0 Å². The zero-order valence-corrected chi connectivity index (χ0v) is 27.1. The molecule has 5 heterocycles. The molecule has 0 aliphatic rings. The van der Waals surface area contributed by atoms with E-state index in [1.165, 1.54) is 38.0 Å². The molecule has 0 saturated heterocycles. The van der Waals surface area contributed by atoms with Gasteiger partial charge in [-0.05, 0) is 65.7 Å². The molecule has 0 N–H and O–H groups in total. The summed E-state index contributed by atoms with van der Waals surface area (Å²) < 4.78 is 10.6. The lowest BCUT2D eigenvalue weighted by Gasteiger charge is -2.13. The maximum Gasteiger partial charge on any atom is 0.182 e. The van der Waals surface area contributed by atoms with Crippen molar-refractivity contribution in [3.05, 3.63) is 152 Å². The maximum absolute atomic E-state index is 5.95. The van der Waals surface area contributed by atoms with Crippen LogP contribution in [0.1, 0.15) is 0 Å². The molecule has 12 rings (SSSR count). The molecule has 0 aliphatic heterocycles. The summed E-state index contributed by atoms with van der Waals surface area (Å²) in [6.07, 6.45) is 1.55. The average Bonchev–Trinajstić information content (AvgIpc) is 3.96. The minimum absolute atomic E-state index is 0.689. The number of hydrogen-bond donors (Lipinski definition) is 0. The Morgan fingerprint density at radius 3 is 1.94 bits per heavy atom. The monoisotopic (exact) mass is 651 g/mol. The van der Waals surface area contributed by atoms with Crippen molar-refractivity contribution in [2.45, 2.75) is 0 Å². The van der Waals surface area contributed by atoms with Gasteiger partial charge in [-0.25, -0.2) is 15.0 Å². The summed E-state index contributed by atoms with van der Waals surface area (Å²) in [6.45, 7) is 0. The molecule has 6 nitrogen and oxygen atoms in total. The van der Waals surface area contributed by atoms with E-state index in [0.29, 0.717) is 5.82 Å². The molecule has 7 aromatic carbocycles. The predicted octanol–water partition coefficient (Wildman–Crippen LogP) is 11.4. The van der Waals surface area contributed by atoms with Gasteiger partial charge in [-0.2, -0.15) is 0 Å². The first kappa shape index (κ1) is 26.9. The molecule has 0 spiro atoms. The first-order valence-electron chi connectivity index (χ1n) is 17.1. The topological polar surface area (TPSA) is 61.1 Å². The lowest BCUT2D eigenvalue weighted by Crippen LogP contribution is -2.02. The van der Waals surface area contributed by atoms with Crippen molar-refractivity contribution in [2.75, 3.05) is 0 Å². The Labute approximate surface area is 289 Å². The van der Waals surface area contributed by atoms with E-state index in [1.807, 2.05) is 6.07 Å². The van der Waals surface area contributed by atoms with Crippen molar-refractivity contribution < 1.29 is 4.42 Å². The minimum Gasteiger partial charge on any atom is -0.443 e. The molecule has 0 fully saturated rings. The van der Waals surface area contributed by atoms with Crippen LogP contribution in [0.3, 0.4) is 0 Å². The Balaban J connectivity index is 1.07. The molecular formula is C45H25N5O. The number of hydrogen-bond acceptors (Lipinski definition) is 4. The molecule has 6 heteroatoms. The third kappa shape index (κ3) is 3.57. The van der Waals surface area contributed by atoms with E-state index in [0.717, 1.165) is 66.4 Å². The van der Waals surface area contributed by atoms with E-state index < -0.39 is 0 Å². The Kier molecular flexibility index (Phi) is 5.14. The Hall–Kier alpha value is -7.05. The Morgan fingerprint density at radius 2 is 1.12 bits per heavy atom. The van der Waals surface area contributed by atoms with Gasteiger partial charge in [-0.15, -0.1) is 0 Å². The van der Waals surface area contributed by atoms with Crippen LogP contribution >= 0.6 is 0 Å². The van der Waals surface area contributed by atoms with E-state index in [2.05, 4.69) is 153 Å². The van der Waals surface area contributed by atoms with E-state index >= 15 is 0 Å². The Morgan fingerprint density at radius 1 is 0.451 bits per heavy atom. The summed E-state index contributed by atoms with van der Waals surface area (Å²) in [5, 5.41) is 8.06. The summed E-state index contributed by atoms with van der Waals surface area (Å²) in [7, 11) is 0. The van der Waals surface area contributed by atoms with Gasteiger partial charge in [-0.1, -0.05) is 91.0 Å². The molecule has 236 valence electrons. The van der Waals surface area contributed by atoms with Crippen LogP contribution in [0, 0.1) is 0 Å². The molecule has 0 bridgehead atoms. The largest absolute Gasteiger partial charge is 0.443 e. The van der Waals surface area contributed by atoms with E-state index in [1.54, 1.807) is 6.39 Å². The number of rotatable bonds is 3. The SMILES string of the molecule is c1cc(-c2ccc3c(c2)c2cc4ncoc4c4c5ccccc5n3c24)cc(-c2nc(-n3c4ccccc4c4ccccc43)c3ccccc3n2)c1. The molecule has 0 amide bonds. The quantitative estimate of drug-likeness (QED) is 0.191. The summed E-state index contributed by atoms with van der Waals surface area (Å²) in [5.74, 6) is 1.56. The molecule has 0 saturated carbocycles. The summed E-state index contributed by atoms with van der Waals surface area (Å²) in [5.41, 5.74) is 11.5. The van der Waals surface area contributed by atoms with Gasteiger partial charge >= 0.3 is 0 Å². The number of benzene rings is 7. The highest BCUT2D eigenvalue weighted by Gasteiger charge is 2.22. The van der Waals surface area contributed by atoms with Crippen molar-refractivity contribution in [3.63, 3.8) is 0 Å². The summed E-state index contributed by atoms with van der Waals surface area (Å²) in [6, 6.07) is 51.5. The molecule has 0 radical (unpaired) electrons. The zero-order chi connectivity index (χ0) is 33.2. The van der Waals surface area contributed by atoms with Crippen molar-refractivity contribution in [2.24, 2.45) is 0 Å². The summed E-state index contributed by atoms with van der Waals surface area (Å²) >= 11 is 0. The lowest BCUT2D eigenvalue weighted by molar-refractivity contribution is 0.605. The van der Waals surface area contributed by atoms with E-state index in [4.69, 9.17) is 14.4 Å². The van der Waals surface area contributed by atoms with Gasteiger partial charge in [0.1, 0.15) is 11.3 Å². The molecular weight excluding hydrogens is 627 g/mol. The fourth-order valence-corrected chi connectivity index (χ4v) is 8.40. The van der Waals surface area contributed by atoms with Crippen LogP contribution < -0.4 is 0 Å². The minimum atomic E-state index is 0.689. The standard InChI is InChI=1S/C45H25N5O/c1-5-16-35-31(14-1)45(50-37-17-6-2-12-29(37)30-13-3-7-18-38(30)50)48-44(47-35)28-11-9-10-26(22-28)27-20-21-40-33(23-27)34-24-36-43(51-25-46-36)41-32-15-4-8-19-39(32)49(40)42(34)41/h1-25H. The maximum atomic E-state index is 5.95. The smallest absolute Gasteiger partial charge is 0.182 e. The van der Waals surface area contributed by atoms with Gasteiger partial charge in [0.25, 0.3) is 0 Å². The highest BCUT2D eigenvalue weighted by atomic mass is 16.3. The number of fused-ring (bicyclic) bond motifs is 12. The number of nitrogens with zero attached hydrogens (tertiary/aromatic N) is 5. The molecule has 51 heavy (non-hydrogen) atoms. The van der Waals surface area contributed by atoms with Gasteiger partial charge in [-0.3, -0.25) is 4.57 Å². The molecule has 5 aromatic heterocycles. The van der Waals surface area contributed by atoms with Crippen LogP contribution in [0.5, 0.6) is 0 Å². The van der Waals surface area contributed by atoms with Crippen LogP contribution in [0.4, 0.5) is 0 Å². The highest BCUT2D eigenvalue weighted by molar-refractivity contribution is 6.30. The molecule has 12 aromatic rings. The lowest BCUT2D eigenvalue weighted by atomic mass is 9.99. The van der Waals surface area contributed by atoms with Gasteiger partial charge in [0.05, 0.1) is 38.5 Å². The highest BCUT2D eigenvalue weighted by Crippen LogP contribution is 2.44. The van der Waals surface area contributed by atoms with Crippen molar-refractivity contribution in [3.8, 4) is 28.3 Å². The van der Waals surface area contributed by atoms with Crippen molar-refractivity contribution in [1.82, 2.24) is 23.9 Å². The Bertz CT molecular complexity index is 3330. The molecule has 0 atom stereocenters. The van der Waals surface area contributed by atoms with Gasteiger partial charge < -0.3 is 8.82 Å². The summed E-state index contributed by atoms with van der Waals surface area (Å²) in [4.78, 5) is 15.0. The number of aromatic nitrogens is 5. The van der Waals surface area contributed by atoms with Crippen LogP contribution in [-0.2, 0) is 0 Å². The van der Waals surface area contributed by atoms with Crippen molar-refractivity contribution in [1.29, 1.82) is 0 Å². The third-order valence-electron chi connectivity index (χ3n) is 10.6. The fourth-order valence-electron chi connectivity index (χ4n) is 8.40. The van der Waals surface area contributed by atoms with Crippen LogP contribution in [0.15, 0.2) is 156 Å². The number of para-hydroxylation sites is 4. The van der Waals surface area contributed by atoms with Crippen LogP contribution in [0.25, 0.3) is 110 Å². The van der Waals surface area contributed by atoms with Gasteiger partial charge in [0, 0.05) is 37.9 Å². The predicted molar refractivity (Wildman–Crippen MR) is 207 cm³/mol. The second kappa shape index (κ2) is 9.77. The third-order valence-corrected chi connectivity index (χ3v) is 10.6. The fraction of sp³-hybridized carbons (Fsp3) is 0. The van der Waals surface area contributed by atoms with Crippen LogP contribution in [-0.4, -0.2) is 23.9 Å². The second-order valence-electron chi connectivity index (χ2n) is 13.3. The van der Waals surface area contributed by atoms with Crippen LogP contribution in [0.2, 0.25) is 0 Å². The first-order chi connectivity index (χ1) is 25.3. The van der Waals surface area contributed by atoms with Gasteiger partial charge in [0.2, 0.25) is 0 Å². The van der Waals surface area contributed by atoms with Crippen molar-refractivity contribution >= 4 is 81.9 Å². The molecule has 0 unspecified atom stereocenters. The normalized spacial score (nSPS) is 12.3. The zero-order valence-electron chi connectivity index (χ0n) is 27.1. The molecule has 0 aliphatic carbocycles. The van der Waals surface area contributed by atoms with Gasteiger partial charge in [0.15, 0.2) is 17.8 Å². The van der Waals surface area contributed by atoms with E-state index in [9.17, 15) is 0 Å².